The van der Waals surface area contributed by atoms with E-state index in [4.69, 9.17) is 6.42 Å². The van der Waals surface area contributed by atoms with E-state index in [0.717, 1.165) is 24.3 Å². The normalized spacial score (nSPS) is 11.9. The van der Waals surface area contributed by atoms with Gasteiger partial charge in [-0.3, -0.25) is 0 Å². The molecule has 0 aliphatic carbocycles. The van der Waals surface area contributed by atoms with Gasteiger partial charge in [0, 0.05) is 29.9 Å². The number of benzene rings is 1. The molecule has 3 heteroatoms. The third-order valence-corrected chi connectivity index (χ3v) is 3.02. The van der Waals surface area contributed by atoms with Crippen LogP contribution < -0.4 is 10.2 Å². The van der Waals surface area contributed by atoms with Gasteiger partial charge in [-0.25, -0.2) is 0 Å². The zero-order valence-corrected chi connectivity index (χ0v) is 11.4. The predicted molar refractivity (Wildman–Crippen MR) is 76.9 cm³/mol. The van der Waals surface area contributed by atoms with Crippen LogP contribution in [0.25, 0.3) is 0 Å². The lowest BCUT2D eigenvalue weighted by atomic mass is 10.1. The van der Waals surface area contributed by atoms with E-state index in [9.17, 15) is 5.11 Å². The van der Waals surface area contributed by atoms with Crippen LogP contribution in [0.15, 0.2) is 18.2 Å². The van der Waals surface area contributed by atoms with E-state index in [1.807, 2.05) is 37.8 Å². The first-order chi connectivity index (χ1) is 8.63. The molecule has 1 unspecified atom stereocenters. The quantitative estimate of drug-likeness (QED) is 0.757. The maximum atomic E-state index is 10.1. The Labute approximate surface area is 110 Å². The van der Waals surface area contributed by atoms with E-state index in [1.165, 1.54) is 0 Å². The summed E-state index contributed by atoms with van der Waals surface area (Å²) in [4.78, 5) is 2.04. The highest BCUT2D eigenvalue weighted by Gasteiger charge is 2.11. The predicted octanol–water partition coefficient (Wildman–Crippen LogP) is 2.52. The van der Waals surface area contributed by atoms with Crippen LogP contribution in [0.5, 0.6) is 5.75 Å². The number of phenols is 1. The number of rotatable bonds is 6. The lowest BCUT2D eigenvalue weighted by Gasteiger charge is -2.22. The maximum Gasteiger partial charge on any atom is 0.122 e. The van der Waals surface area contributed by atoms with Crippen molar-refractivity contribution >= 4 is 5.69 Å². The standard InChI is InChI=1S/C15H22N2O/c1-5-10-17(7-3)13-8-9-14(15(18)11-13)12(4)16-6-2/h1,8-9,11-12,16,18H,6-7,10H2,2-4H3. The Balaban J connectivity index is 2.94. The molecule has 98 valence electrons. The molecule has 0 aliphatic heterocycles. The van der Waals surface area contributed by atoms with Crippen LogP contribution in [0, 0.1) is 12.3 Å². The molecule has 0 aliphatic rings. The molecular formula is C15H22N2O. The molecule has 0 saturated heterocycles. The number of hydrogen-bond acceptors (Lipinski definition) is 3. The Morgan fingerprint density at radius 3 is 2.67 bits per heavy atom. The van der Waals surface area contributed by atoms with Gasteiger partial charge in [0.15, 0.2) is 0 Å². The third-order valence-electron chi connectivity index (χ3n) is 3.02. The highest BCUT2D eigenvalue weighted by Crippen LogP contribution is 2.28. The molecule has 1 rings (SSSR count). The van der Waals surface area contributed by atoms with Gasteiger partial charge in [-0.05, 0) is 26.5 Å². The molecule has 0 heterocycles. The van der Waals surface area contributed by atoms with Gasteiger partial charge in [-0.15, -0.1) is 6.42 Å². The van der Waals surface area contributed by atoms with E-state index in [0.29, 0.717) is 12.3 Å². The molecule has 0 fully saturated rings. The zero-order chi connectivity index (χ0) is 13.5. The van der Waals surface area contributed by atoms with Crippen molar-refractivity contribution in [3.05, 3.63) is 23.8 Å². The van der Waals surface area contributed by atoms with Crippen molar-refractivity contribution in [2.45, 2.75) is 26.8 Å². The van der Waals surface area contributed by atoms with E-state index >= 15 is 0 Å². The molecule has 1 aromatic carbocycles. The smallest absolute Gasteiger partial charge is 0.122 e. The van der Waals surface area contributed by atoms with Crippen molar-refractivity contribution in [1.29, 1.82) is 0 Å². The number of hydrogen-bond donors (Lipinski definition) is 2. The Kier molecular flexibility index (Phi) is 5.54. The molecule has 0 radical (unpaired) electrons. The molecule has 2 N–H and O–H groups in total. The molecule has 18 heavy (non-hydrogen) atoms. The molecule has 1 atom stereocenters. The molecule has 3 nitrogen and oxygen atoms in total. The molecule has 1 aromatic rings. The van der Waals surface area contributed by atoms with Crippen LogP contribution in [-0.2, 0) is 0 Å². The van der Waals surface area contributed by atoms with Gasteiger partial charge in [-0.2, -0.15) is 0 Å². The monoisotopic (exact) mass is 246 g/mol. The largest absolute Gasteiger partial charge is 0.508 e. The molecule has 0 saturated carbocycles. The highest BCUT2D eigenvalue weighted by molar-refractivity contribution is 5.54. The van der Waals surface area contributed by atoms with Gasteiger partial charge >= 0.3 is 0 Å². The fourth-order valence-corrected chi connectivity index (χ4v) is 2.01. The molecular weight excluding hydrogens is 224 g/mol. The number of aromatic hydroxyl groups is 1. The lowest BCUT2D eigenvalue weighted by Crippen LogP contribution is -2.23. The van der Waals surface area contributed by atoms with Crippen molar-refractivity contribution in [2.24, 2.45) is 0 Å². The Bertz CT molecular complexity index is 423. The third kappa shape index (κ3) is 3.41. The fraction of sp³-hybridized carbons (Fsp3) is 0.467. The van der Waals surface area contributed by atoms with Crippen LogP contribution >= 0.6 is 0 Å². The second-order valence-electron chi connectivity index (χ2n) is 4.24. The number of phenolic OH excluding ortho intramolecular Hbond substituents is 1. The summed E-state index contributed by atoms with van der Waals surface area (Å²) < 4.78 is 0. The van der Waals surface area contributed by atoms with E-state index in [-0.39, 0.29) is 6.04 Å². The minimum Gasteiger partial charge on any atom is -0.508 e. The maximum absolute atomic E-state index is 10.1. The van der Waals surface area contributed by atoms with Crippen molar-refractivity contribution in [3.8, 4) is 18.1 Å². The van der Waals surface area contributed by atoms with Gasteiger partial charge in [0.05, 0.1) is 6.54 Å². The number of terminal acetylenes is 1. The fourth-order valence-electron chi connectivity index (χ4n) is 2.01. The van der Waals surface area contributed by atoms with Crippen molar-refractivity contribution in [1.82, 2.24) is 5.32 Å². The Morgan fingerprint density at radius 1 is 1.44 bits per heavy atom. The van der Waals surface area contributed by atoms with E-state index in [2.05, 4.69) is 11.2 Å². The average molecular weight is 246 g/mol. The summed E-state index contributed by atoms with van der Waals surface area (Å²) in [7, 11) is 0. The molecule has 0 aromatic heterocycles. The highest BCUT2D eigenvalue weighted by atomic mass is 16.3. The Morgan fingerprint density at radius 2 is 2.17 bits per heavy atom. The van der Waals surface area contributed by atoms with Crippen molar-refractivity contribution in [2.75, 3.05) is 24.5 Å². The topological polar surface area (TPSA) is 35.5 Å². The lowest BCUT2D eigenvalue weighted by molar-refractivity contribution is 0.454. The SMILES string of the molecule is C#CCN(CC)c1ccc(C(C)NCC)c(O)c1. The van der Waals surface area contributed by atoms with Crippen LogP contribution in [0.3, 0.4) is 0 Å². The first-order valence-electron chi connectivity index (χ1n) is 6.38. The zero-order valence-electron chi connectivity index (χ0n) is 11.4. The summed E-state index contributed by atoms with van der Waals surface area (Å²) >= 11 is 0. The first kappa shape index (κ1) is 14.4. The van der Waals surface area contributed by atoms with Gasteiger partial charge in [0.25, 0.3) is 0 Å². The first-order valence-corrected chi connectivity index (χ1v) is 6.38. The second kappa shape index (κ2) is 6.93. The minimum atomic E-state index is 0.145. The van der Waals surface area contributed by atoms with Gasteiger partial charge in [0.1, 0.15) is 5.75 Å². The summed E-state index contributed by atoms with van der Waals surface area (Å²) in [5, 5.41) is 13.4. The van der Waals surface area contributed by atoms with Crippen LogP contribution in [-0.4, -0.2) is 24.7 Å². The summed E-state index contributed by atoms with van der Waals surface area (Å²) in [5.41, 5.74) is 1.87. The summed E-state index contributed by atoms with van der Waals surface area (Å²) in [6.07, 6.45) is 5.33. The van der Waals surface area contributed by atoms with Crippen LogP contribution in [0.1, 0.15) is 32.4 Å². The van der Waals surface area contributed by atoms with Crippen molar-refractivity contribution in [3.63, 3.8) is 0 Å². The minimum absolute atomic E-state index is 0.145. The van der Waals surface area contributed by atoms with Crippen LogP contribution in [0.2, 0.25) is 0 Å². The molecule has 0 spiro atoms. The average Bonchev–Trinajstić information content (AvgIpc) is 2.36. The number of nitrogens with one attached hydrogen (secondary N) is 1. The summed E-state index contributed by atoms with van der Waals surface area (Å²) in [5.74, 6) is 2.94. The van der Waals surface area contributed by atoms with Gasteiger partial charge < -0.3 is 15.3 Å². The van der Waals surface area contributed by atoms with Crippen LogP contribution in [0.4, 0.5) is 5.69 Å². The molecule has 0 amide bonds. The van der Waals surface area contributed by atoms with Crippen molar-refractivity contribution < 1.29 is 5.11 Å². The van der Waals surface area contributed by atoms with Gasteiger partial charge in [-0.1, -0.05) is 18.9 Å². The number of nitrogens with zero attached hydrogens (tertiary/aromatic N) is 1. The van der Waals surface area contributed by atoms with E-state index < -0.39 is 0 Å². The van der Waals surface area contributed by atoms with Gasteiger partial charge in [0.2, 0.25) is 0 Å². The molecule has 0 bridgehead atoms. The second-order valence-corrected chi connectivity index (χ2v) is 4.24. The van der Waals surface area contributed by atoms with E-state index in [1.54, 1.807) is 6.07 Å². The summed E-state index contributed by atoms with van der Waals surface area (Å²) in [6.45, 7) is 8.39. The summed E-state index contributed by atoms with van der Waals surface area (Å²) in [6, 6.07) is 5.89. The Hall–Kier alpha value is -1.66. The number of anilines is 1.